The molecule has 5 nitrogen and oxygen atoms in total. The first-order valence-corrected chi connectivity index (χ1v) is 12.0. The molecule has 0 aliphatic rings. The third-order valence-corrected chi connectivity index (χ3v) is 6.50. The second-order valence-electron chi connectivity index (χ2n) is 7.24. The van der Waals surface area contributed by atoms with Crippen LogP contribution in [0.5, 0.6) is 0 Å². The second kappa shape index (κ2) is 10.1. The Labute approximate surface area is 179 Å². The van der Waals surface area contributed by atoms with E-state index in [0.717, 1.165) is 29.4 Å². The van der Waals surface area contributed by atoms with Crippen molar-refractivity contribution in [3.8, 4) is 0 Å². The van der Waals surface area contributed by atoms with Gasteiger partial charge in [0.1, 0.15) is 6.04 Å². The molecule has 0 heterocycles. The standard InChI is InChI=1S/C22H29ClN2O3S/c1-5-21(22(26)24-14-8-10-18-9-6-7-11-20(18)23)25(29(4,27)28)19-13-12-16(2)17(3)15-19/h6-7,9,11-13,15,21H,5,8,10,14H2,1-4H3,(H,24,26). The molecular weight excluding hydrogens is 408 g/mol. The Hall–Kier alpha value is -2.05. The first-order chi connectivity index (χ1) is 13.6. The van der Waals surface area contributed by atoms with Gasteiger partial charge in [0.15, 0.2) is 0 Å². The molecule has 1 amide bonds. The Morgan fingerprint density at radius 2 is 1.83 bits per heavy atom. The number of carbonyl (C=O) groups is 1. The molecule has 0 aromatic heterocycles. The fourth-order valence-electron chi connectivity index (χ4n) is 3.23. The Morgan fingerprint density at radius 1 is 1.14 bits per heavy atom. The molecule has 1 N–H and O–H groups in total. The van der Waals surface area contributed by atoms with E-state index >= 15 is 0 Å². The monoisotopic (exact) mass is 436 g/mol. The fourth-order valence-corrected chi connectivity index (χ4v) is 4.67. The number of halogens is 1. The van der Waals surface area contributed by atoms with Crippen LogP contribution in [0.1, 0.15) is 36.5 Å². The van der Waals surface area contributed by atoms with Crippen molar-refractivity contribution < 1.29 is 13.2 Å². The van der Waals surface area contributed by atoms with Gasteiger partial charge in [0.2, 0.25) is 15.9 Å². The molecule has 0 saturated carbocycles. The molecule has 1 atom stereocenters. The van der Waals surface area contributed by atoms with Gasteiger partial charge >= 0.3 is 0 Å². The minimum absolute atomic E-state index is 0.296. The summed E-state index contributed by atoms with van der Waals surface area (Å²) in [6, 6.07) is 12.2. The molecule has 2 aromatic rings. The first-order valence-electron chi connectivity index (χ1n) is 9.73. The highest BCUT2D eigenvalue weighted by atomic mass is 35.5. The quantitative estimate of drug-likeness (QED) is 0.597. The molecule has 0 aliphatic carbocycles. The van der Waals surface area contributed by atoms with Crippen LogP contribution in [-0.2, 0) is 21.2 Å². The summed E-state index contributed by atoms with van der Waals surface area (Å²) >= 11 is 6.16. The molecule has 0 spiro atoms. The lowest BCUT2D eigenvalue weighted by Gasteiger charge is -2.30. The van der Waals surface area contributed by atoms with Gasteiger partial charge in [-0.2, -0.15) is 0 Å². The third-order valence-electron chi connectivity index (χ3n) is 4.95. The van der Waals surface area contributed by atoms with Crippen molar-refractivity contribution in [1.82, 2.24) is 5.32 Å². The molecule has 7 heteroatoms. The number of hydrogen-bond donors (Lipinski definition) is 1. The molecule has 0 aliphatic heterocycles. The highest BCUT2D eigenvalue weighted by Gasteiger charge is 2.31. The maximum absolute atomic E-state index is 12.8. The van der Waals surface area contributed by atoms with Crippen LogP contribution in [0.2, 0.25) is 5.02 Å². The Bertz CT molecular complexity index is 960. The zero-order valence-electron chi connectivity index (χ0n) is 17.4. The molecule has 158 valence electrons. The number of nitrogens with one attached hydrogen (secondary N) is 1. The van der Waals surface area contributed by atoms with Crippen LogP contribution >= 0.6 is 11.6 Å². The van der Waals surface area contributed by atoms with Crippen molar-refractivity contribution in [2.45, 2.75) is 46.1 Å². The summed E-state index contributed by atoms with van der Waals surface area (Å²) in [5, 5.41) is 3.59. The summed E-state index contributed by atoms with van der Waals surface area (Å²) < 4.78 is 26.3. The van der Waals surface area contributed by atoms with E-state index in [1.807, 2.05) is 57.2 Å². The fraction of sp³-hybridized carbons (Fsp3) is 0.409. The molecular formula is C22H29ClN2O3S. The van der Waals surface area contributed by atoms with Gasteiger partial charge in [-0.15, -0.1) is 0 Å². The van der Waals surface area contributed by atoms with E-state index in [1.165, 1.54) is 4.31 Å². The van der Waals surface area contributed by atoms with E-state index in [1.54, 1.807) is 6.07 Å². The number of nitrogens with zero attached hydrogens (tertiary/aromatic N) is 1. The van der Waals surface area contributed by atoms with Crippen LogP contribution < -0.4 is 9.62 Å². The second-order valence-corrected chi connectivity index (χ2v) is 9.50. The van der Waals surface area contributed by atoms with Crippen molar-refractivity contribution in [3.05, 3.63) is 64.2 Å². The van der Waals surface area contributed by atoms with Crippen molar-refractivity contribution in [1.29, 1.82) is 0 Å². The number of amides is 1. The van der Waals surface area contributed by atoms with Gasteiger partial charge in [0.25, 0.3) is 0 Å². The molecule has 0 radical (unpaired) electrons. The molecule has 0 fully saturated rings. The lowest BCUT2D eigenvalue weighted by atomic mass is 10.1. The topological polar surface area (TPSA) is 66.5 Å². The minimum atomic E-state index is -3.63. The van der Waals surface area contributed by atoms with E-state index in [0.29, 0.717) is 30.1 Å². The van der Waals surface area contributed by atoms with Gasteiger partial charge in [-0.1, -0.05) is 42.8 Å². The SMILES string of the molecule is CCC(C(=O)NCCCc1ccccc1Cl)N(c1ccc(C)c(C)c1)S(C)(=O)=O. The Balaban J connectivity index is 2.10. The molecule has 0 saturated heterocycles. The molecule has 29 heavy (non-hydrogen) atoms. The molecule has 0 bridgehead atoms. The van der Waals surface area contributed by atoms with E-state index < -0.39 is 16.1 Å². The molecule has 1 unspecified atom stereocenters. The van der Waals surface area contributed by atoms with Gasteiger partial charge in [0.05, 0.1) is 11.9 Å². The van der Waals surface area contributed by atoms with Crippen LogP contribution in [0, 0.1) is 13.8 Å². The average Bonchev–Trinajstić information content (AvgIpc) is 2.65. The van der Waals surface area contributed by atoms with Crippen LogP contribution in [-0.4, -0.2) is 33.2 Å². The van der Waals surface area contributed by atoms with Crippen molar-refractivity contribution >= 4 is 33.2 Å². The van der Waals surface area contributed by atoms with Crippen molar-refractivity contribution in [2.24, 2.45) is 0 Å². The normalized spacial score (nSPS) is 12.4. The summed E-state index contributed by atoms with van der Waals surface area (Å²) in [4.78, 5) is 12.8. The van der Waals surface area contributed by atoms with E-state index in [-0.39, 0.29) is 5.91 Å². The number of aryl methyl sites for hydroxylation is 3. The summed E-state index contributed by atoms with van der Waals surface area (Å²) in [5.74, 6) is -0.296. The highest BCUT2D eigenvalue weighted by molar-refractivity contribution is 7.92. The lowest BCUT2D eigenvalue weighted by molar-refractivity contribution is -0.122. The van der Waals surface area contributed by atoms with Crippen LogP contribution in [0.25, 0.3) is 0 Å². The Morgan fingerprint density at radius 3 is 2.41 bits per heavy atom. The third kappa shape index (κ3) is 6.21. The number of benzene rings is 2. The van der Waals surface area contributed by atoms with E-state index in [2.05, 4.69) is 5.32 Å². The van der Waals surface area contributed by atoms with Gasteiger partial charge in [-0.3, -0.25) is 9.10 Å². The van der Waals surface area contributed by atoms with E-state index in [9.17, 15) is 13.2 Å². The predicted molar refractivity (Wildman–Crippen MR) is 120 cm³/mol. The van der Waals surface area contributed by atoms with Gasteiger partial charge < -0.3 is 5.32 Å². The number of carbonyl (C=O) groups excluding carboxylic acids is 1. The van der Waals surface area contributed by atoms with Crippen LogP contribution in [0.4, 0.5) is 5.69 Å². The summed E-state index contributed by atoms with van der Waals surface area (Å²) in [6.45, 7) is 6.15. The van der Waals surface area contributed by atoms with Crippen LogP contribution in [0.3, 0.4) is 0 Å². The van der Waals surface area contributed by atoms with E-state index in [4.69, 9.17) is 11.6 Å². The molecule has 2 aromatic carbocycles. The number of rotatable bonds is 9. The maximum atomic E-state index is 12.8. The zero-order valence-corrected chi connectivity index (χ0v) is 19.0. The van der Waals surface area contributed by atoms with Crippen molar-refractivity contribution in [3.63, 3.8) is 0 Å². The van der Waals surface area contributed by atoms with Gasteiger partial charge in [0, 0.05) is 11.6 Å². The summed E-state index contributed by atoms with van der Waals surface area (Å²) in [7, 11) is -3.63. The lowest BCUT2D eigenvalue weighted by Crippen LogP contribution is -2.49. The number of anilines is 1. The maximum Gasteiger partial charge on any atom is 0.243 e. The first kappa shape index (κ1) is 23.2. The summed E-state index contributed by atoms with van der Waals surface area (Å²) in [5.41, 5.74) is 3.59. The Kier molecular flexibility index (Phi) is 8.11. The van der Waals surface area contributed by atoms with Crippen LogP contribution in [0.15, 0.2) is 42.5 Å². The van der Waals surface area contributed by atoms with Gasteiger partial charge in [-0.05, 0) is 68.0 Å². The smallest absolute Gasteiger partial charge is 0.243 e. The van der Waals surface area contributed by atoms with Gasteiger partial charge in [-0.25, -0.2) is 8.42 Å². The average molecular weight is 437 g/mol. The summed E-state index contributed by atoms with van der Waals surface area (Å²) in [6.07, 6.45) is 2.96. The number of hydrogen-bond acceptors (Lipinski definition) is 3. The molecule has 2 rings (SSSR count). The predicted octanol–water partition coefficient (Wildman–Crippen LogP) is 4.25. The zero-order chi connectivity index (χ0) is 21.6. The number of sulfonamides is 1. The largest absolute Gasteiger partial charge is 0.354 e. The minimum Gasteiger partial charge on any atom is -0.354 e. The van der Waals surface area contributed by atoms with Crippen molar-refractivity contribution in [2.75, 3.05) is 17.1 Å². The highest BCUT2D eigenvalue weighted by Crippen LogP contribution is 2.25.